The summed E-state index contributed by atoms with van der Waals surface area (Å²) in [6.45, 7) is 7.15. The van der Waals surface area contributed by atoms with Crippen LogP contribution >= 0.6 is 0 Å². The first-order chi connectivity index (χ1) is 13.7. The fraction of sp³-hybridized carbons (Fsp3) is 0.833. The Kier molecular flexibility index (Phi) is 7.12. The minimum Gasteiger partial charge on any atom is -0.475 e. The SMILES string of the molecule is Cc1noc([C@@H]2C[C@@H]3CCN(CC4CCOCC4)C[C@H]3O2)n1.O=C(O)C(F)(F)F. The van der Waals surface area contributed by atoms with E-state index in [-0.39, 0.29) is 6.10 Å². The molecule has 1 N–H and O–H groups in total. The van der Waals surface area contributed by atoms with Gasteiger partial charge in [-0.15, -0.1) is 0 Å². The molecule has 11 heteroatoms. The van der Waals surface area contributed by atoms with Gasteiger partial charge in [-0.25, -0.2) is 4.79 Å². The van der Waals surface area contributed by atoms with Crippen LogP contribution in [0.1, 0.15) is 43.5 Å². The molecule has 0 aromatic carbocycles. The predicted molar refractivity (Wildman–Crippen MR) is 93.0 cm³/mol. The highest BCUT2D eigenvalue weighted by molar-refractivity contribution is 5.73. The Morgan fingerprint density at radius 3 is 2.55 bits per heavy atom. The van der Waals surface area contributed by atoms with Crippen LogP contribution in [0, 0.1) is 18.8 Å². The van der Waals surface area contributed by atoms with Gasteiger partial charge in [0, 0.05) is 26.3 Å². The lowest BCUT2D eigenvalue weighted by molar-refractivity contribution is -0.192. The lowest BCUT2D eigenvalue weighted by Gasteiger charge is -2.36. The molecule has 0 unspecified atom stereocenters. The number of likely N-dealkylation sites (tertiary alicyclic amines) is 1. The minimum atomic E-state index is -5.08. The molecular weight excluding hydrogens is 395 g/mol. The van der Waals surface area contributed by atoms with Crippen LogP contribution < -0.4 is 0 Å². The standard InChI is InChI=1S/C16H25N3O3.C2HF3O2/c1-11-17-16(22-18-11)14-8-13-2-5-19(10-15(13)21-14)9-12-3-6-20-7-4-12;3-2(4,5)1(6)7/h12-15H,2-10H2,1H3;(H,6,7)/t13-,14-,15+;/m0./s1. The van der Waals surface area contributed by atoms with Crippen LogP contribution in [0.15, 0.2) is 4.52 Å². The highest BCUT2D eigenvalue weighted by Crippen LogP contribution is 2.40. The molecule has 3 aliphatic rings. The molecule has 3 saturated heterocycles. The van der Waals surface area contributed by atoms with Gasteiger partial charge in [-0.05, 0) is 51.0 Å². The van der Waals surface area contributed by atoms with Crippen molar-refractivity contribution in [2.24, 2.45) is 11.8 Å². The van der Waals surface area contributed by atoms with Crippen LogP contribution in [0.5, 0.6) is 0 Å². The summed E-state index contributed by atoms with van der Waals surface area (Å²) >= 11 is 0. The number of aliphatic carboxylic acids is 1. The van der Waals surface area contributed by atoms with E-state index >= 15 is 0 Å². The normalized spacial score (nSPS) is 28.5. The van der Waals surface area contributed by atoms with Gasteiger partial charge in [0.05, 0.1) is 6.10 Å². The molecule has 0 spiro atoms. The second kappa shape index (κ2) is 9.40. The van der Waals surface area contributed by atoms with E-state index in [1.807, 2.05) is 6.92 Å². The van der Waals surface area contributed by atoms with Crippen molar-refractivity contribution in [3.8, 4) is 0 Å². The van der Waals surface area contributed by atoms with Gasteiger partial charge in [-0.2, -0.15) is 18.2 Å². The third kappa shape index (κ3) is 6.13. The minimum absolute atomic E-state index is 0.000712. The number of fused-ring (bicyclic) bond motifs is 1. The first-order valence-electron chi connectivity index (χ1n) is 9.78. The van der Waals surface area contributed by atoms with Gasteiger partial charge in [0.25, 0.3) is 5.89 Å². The molecule has 1 aromatic rings. The number of nitrogens with zero attached hydrogens (tertiary/aromatic N) is 3. The molecular formula is C18H26F3N3O5. The van der Waals surface area contributed by atoms with Crippen molar-refractivity contribution >= 4 is 5.97 Å². The number of aromatic nitrogens is 2. The Bertz CT molecular complexity index is 678. The van der Waals surface area contributed by atoms with Gasteiger partial charge in [0.1, 0.15) is 6.10 Å². The number of rotatable bonds is 3. The lowest BCUT2D eigenvalue weighted by Crippen LogP contribution is -2.44. The van der Waals surface area contributed by atoms with E-state index in [4.69, 9.17) is 23.9 Å². The van der Waals surface area contributed by atoms with Crippen molar-refractivity contribution in [3.63, 3.8) is 0 Å². The highest BCUT2D eigenvalue weighted by atomic mass is 19.4. The Morgan fingerprint density at radius 1 is 1.28 bits per heavy atom. The summed E-state index contributed by atoms with van der Waals surface area (Å²) in [4.78, 5) is 15.8. The molecule has 3 atom stereocenters. The summed E-state index contributed by atoms with van der Waals surface area (Å²) < 4.78 is 48.7. The van der Waals surface area contributed by atoms with Gasteiger partial charge in [0.15, 0.2) is 5.82 Å². The second-order valence-corrected chi connectivity index (χ2v) is 7.75. The van der Waals surface area contributed by atoms with Gasteiger partial charge >= 0.3 is 12.1 Å². The van der Waals surface area contributed by atoms with Crippen molar-refractivity contribution in [3.05, 3.63) is 11.7 Å². The first-order valence-corrected chi connectivity index (χ1v) is 9.78. The number of hydrogen-bond acceptors (Lipinski definition) is 7. The third-order valence-electron chi connectivity index (χ3n) is 5.55. The first kappa shape index (κ1) is 22.0. The number of alkyl halides is 3. The summed E-state index contributed by atoms with van der Waals surface area (Å²) in [6.07, 6.45) is -0.107. The van der Waals surface area contributed by atoms with Crippen LogP contribution in [-0.2, 0) is 14.3 Å². The Balaban J connectivity index is 0.000000298. The molecule has 0 saturated carbocycles. The molecule has 29 heavy (non-hydrogen) atoms. The summed E-state index contributed by atoms with van der Waals surface area (Å²) in [5.74, 6) is 0.0224. The van der Waals surface area contributed by atoms with E-state index < -0.39 is 12.1 Å². The molecule has 0 amide bonds. The topological polar surface area (TPSA) is 97.9 Å². The lowest BCUT2D eigenvalue weighted by atomic mass is 9.90. The van der Waals surface area contributed by atoms with Crippen molar-refractivity contribution < 1.29 is 37.1 Å². The average Bonchev–Trinajstić information content (AvgIpc) is 3.28. The fourth-order valence-electron chi connectivity index (χ4n) is 4.06. The number of aryl methyl sites for hydroxylation is 1. The van der Waals surface area contributed by atoms with Crippen molar-refractivity contribution in [2.75, 3.05) is 32.8 Å². The summed E-state index contributed by atoms with van der Waals surface area (Å²) in [5, 5.41) is 11.0. The monoisotopic (exact) mass is 421 g/mol. The smallest absolute Gasteiger partial charge is 0.475 e. The molecule has 4 rings (SSSR count). The second-order valence-electron chi connectivity index (χ2n) is 7.75. The van der Waals surface area contributed by atoms with Gasteiger partial charge in [0.2, 0.25) is 0 Å². The number of hydrogen-bond donors (Lipinski definition) is 1. The van der Waals surface area contributed by atoms with Crippen molar-refractivity contribution in [1.82, 2.24) is 15.0 Å². The number of carboxylic acids is 1. The van der Waals surface area contributed by atoms with E-state index in [0.717, 1.165) is 32.1 Å². The largest absolute Gasteiger partial charge is 0.490 e. The van der Waals surface area contributed by atoms with Crippen LogP contribution in [0.2, 0.25) is 0 Å². The molecule has 4 heterocycles. The highest BCUT2D eigenvalue weighted by Gasteiger charge is 2.42. The fourth-order valence-corrected chi connectivity index (χ4v) is 4.06. The number of piperidine rings is 1. The number of ether oxygens (including phenoxy) is 2. The van der Waals surface area contributed by atoms with Crippen LogP contribution in [-0.4, -0.2) is 71.2 Å². The zero-order valence-electron chi connectivity index (χ0n) is 16.2. The van der Waals surface area contributed by atoms with Gasteiger partial charge in [-0.3, -0.25) is 0 Å². The van der Waals surface area contributed by atoms with E-state index in [9.17, 15) is 13.2 Å². The Morgan fingerprint density at radius 2 is 1.97 bits per heavy atom. The molecule has 0 aliphatic carbocycles. The van der Waals surface area contributed by atoms with E-state index in [1.54, 1.807) is 0 Å². The molecule has 8 nitrogen and oxygen atoms in total. The van der Waals surface area contributed by atoms with Crippen LogP contribution in [0.3, 0.4) is 0 Å². The molecule has 0 bridgehead atoms. The Labute approximate surface area is 166 Å². The summed E-state index contributed by atoms with van der Waals surface area (Å²) in [5.41, 5.74) is 0. The maximum atomic E-state index is 10.6. The zero-order valence-corrected chi connectivity index (χ0v) is 16.2. The Hall–Kier alpha value is -1.72. The number of halogens is 3. The quantitative estimate of drug-likeness (QED) is 0.795. The van der Waals surface area contributed by atoms with E-state index in [0.29, 0.717) is 23.7 Å². The van der Waals surface area contributed by atoms with E-state index in [2.05, 4.69) is 15.0 Å². The predicted octanol–water partition coefficient (Wildman–Crippen LogP) is 2.59. The molecule has 164 valence electrons. The van der Waals surface area contributed by atoms with Crippen molar-refractivity contribution in [1.29, 1.82) is 0 Å². The third-order valence-corrected chi connectivity index (χ3v) is 5.55. The maximum Gasteiger partial charge on any atom is 0.490 e. The maximum absolute atomic E-state index is 10.6. The molecule has 3 aliphatic heterocycles. The number of carboxylic acid groups (broad SMARTS) is 1. The van der Waals surface area contributed by atoms with Gasteiger partial charge in [-0.1, -0.05) is 5.16 Å². The van der Waals surface area contributed by atoms with Crippen LogP contribution in [0.25, 0.3) is 0 Å². The zero-order chi connectivity index (χ0) is 21.0. The average molecular weight is 421 g/mol. The number of carbonyl (C=O) groups is 1. The summed E-state index contributed by atoms with van der Waals surface area (Å²) in [7, 11) is 0. The molecule has 3 fully saturated rings. The van der Waals surface area contributed by atoms with Crippen molar-refractivity contribution in [2.45, 2.75) is 51.0 Å². The van der Waals surface area contributed by atoms with Crippen LogP contribution in [0.4, 0.5) is 13.2 Å². The molecule has 1 aromatic heterocycles. The summed E-state index contributed by atoms with van der Waals surface area (Å²) in [6, 6.07) is 0. The van der Waals surface area contributed by atoms with E-state index in [1.165, 1.54) is 32.4 Å². The van der Waals surface area contributed by atoms with Gasteiger partial charge < -0.3 is 24.0 Å². The molecule has 0 radical (unpaired) electrons.